The van der Waals surface area contributed by atoms with E-state index in [1.165, 1.54) is 11.1 Å². The van der Waals surface area contributed by atoms with Crippen molar-refractivity contribution >= 4 is 27.6 Å². The third kappa shape index (κ3) is 2.83. The first-order valence-corrected chi connectivity index (χ1v) is 10.1. The van der Waals surface area contributed by atoms with E-state index in [9.17, 15) is 9.90 Å². The van der Waals surface area contributed by atoms with Crippen molar-refractivity contribution < 1.29 is 9.90 Å². The lowest BCUT2D eigenvalue weighted by Crippen LogP contribution is -2.65. The van der Waals surface area contributed by atoms with Crippen molar-refractivity contribution in [3.8, 4) is 0 Å². The van der Waals surface area contributed by atoms with Gasteiger partial charge in [0.15, 0.2) is 0 Å². The molecule has 28 heavy (non-hydrogen) atoms. The van der Waals surface area contributed by atoms with Gasteiger partial charge in [-0.3, -0.25) is 9.20 Å². The van der Waals surface area contributed by atoms with E-state index >= 15 is 0 Å². The quantitative estimate of drug-likeness (QED) is 0.601. The van der Waals surface area contributed by atoms with E-state index < -0.39 is 6.10 Å². The number of aliphatic hydroxyl groups is 1. The van der Waals surface area contributed by atoms with Crippen molar-refractivity contribution in [1.29, 1.82) is 0 Å². The lowest BCUT2D eigenvalue weighted by Gasteiger charge is -2.48. The number of carbonyl (C=O) groups is 1. The number of nitrogens with zero attached hydrogens (tertiary/aromatic N) is 4. The number of halogens is 1. The van der Waals surface area contributed by atoms with Crippen molar-refractivity contribution in [2.24, 2.45) is 0 Å². The Labute approximate surface area is 170 Å². The van der Waals surface area contributed by atoms with Gasteiger partial charge in [-0.2, -0.15) is 0 Å². The Balaban J connectivity index is 1.34. The molecule has 0 aliphatic carbocycles. The maximum absolute atomic E-state index is 12.9. The van der Waals surface area contributed by atoms with Crippen molar-refractivity contribution in [3.63, 3.8) is 0 Å². The van der Waals surface area contributed by atoms with Crippen LogP contribution in [0.4, 0.5) is 0 Å². The highest BCUT2D eigenvalue weighted by atomic mass is 79.9. The van der Waals surface area contributed by atoms with Gasteiger partial charge in [0.2, 0.25) is 5.78 Å². The summed E-state index contributed by atoms with van der Waals surface area (Å²) in [5.74, 6) is 0.295. The third-order valence-electron chi connectivity index (χ3n) is 5.95. The molecule has 0 bridgehead atoms. The van der Waals surface area contributed by atoms with Gasteiger partial charge in [-0.05, 0) is 46.0 Å². The molecule has 8 heteroatoms. The first-order valence-electron chi connectivity index (χ1n) is 9.34. The molecule has 0 saturated carbocycles. The molecular weight excluding hydrogens is 422 g/mol. The van der Waals surface area contributed by atoms with Crippen molar-refractivity contribution in [3.05, 3.63) is 64.1 Å². The predicted octanol–water partition coefficient (Wildman–Crippen LogP) is 1.78. The second-order valence-corrected chi connectivity index (χ2v) is 8.35. The molecule has 0 unspecified atom stereocenters. The van der Waals surface area contributed by atoms with Crippen LogP contribution in [0.5, 0.6) is 0 Å². The van der Waals surface area contributed by atoms with Gasteiger partial charge in [-0.1, -0.05) is 24.3 Å². The fourth-order valence-corrected chi connectivity index (χ4v) is 4.65. The molecule has 1 saturated heterocycles. The van der Waals surface area contributed by atoms with Crippen LogP contribution in [0.3, 0.4) is 0 Å². The average Bonchev–Trinajstić information content (AvgIpc) is 3.10. The minimum absolute atomic E-state index is 0.174. The summed E-state index contributed by atoms with van der Waals surface area (Å²) in [4.78, 5) is 23.2. The second kappa shape index (κ2) is 6.65. The fourth-order valence-electron chi connectivity index (χ4n) is 4.27. The number of aromatic nitrogens is 3. The largest absolute Gasteiger partial charge is 0.389 e. The summed E-state index contributed by atoms with van der Waals surface area (Å²) in [6, 6.07) is 10.0. The van der Waals surface area contributed by atoms with E-state index in [2.05, 4.69) is 43.3 Å². The lowest BCUT2D eigenvalue weighted by atomic mass is 9.76. The third-order valence-corrected chi connectivity index (χ3v) is 6.54. The van der Waals surface area contributed by atoms with Gasteiger partial charge in [-0.15, -0.1) is 0 Å². The molecular formula is C20H20BrN5O2. The first-order chi connectivity index (χ1) is 13.6. The maximum Gasteiger partial charge on any atom is 0.272 e. The molecule has 1 amide bonds. The molecule has 2 aliphatic heterocycles. The Bertz CT molecular complexity index is 1070. The van der Waals surface area contributed by atoms with Gasteiger partial charge in [0.1, 0.15) is 10.3 Å². The fraction of sp³-hybridized carbons (Fsp3) is 0.350. The van der Waals surface area contributed by atoms with E-state index in [0.717, 1.165) is 17.6 Å². The summed E-state index contributed by atoms with van der Waals surface area (Å²) >= 11 is 3.39. The first kappa shape index (κ1) is 17.8. The molecule has 2 aliphatic rings. The van der Waals surface area contributed by atoms with Gasteiger partial charge >= 0.3 is 0 Å². The molecule has 1 fully saturated rings. The smallest absolute Gasteiger partial charge is 0.272 e. The summed E-state index contributed by atoms with van der Waals surface area (Å²) in [5.41, 5.74) is 2.52. The number of benzene rings is 1. The Morgan fingerprint density at radius 2 is 2.11 bits per heavy atom. The summed E-state index contributed by atoms with van der Waals surface area (Å²) in [6.45, 7) is 1.61. The Morgan fingerprint density at radius 1 is 1.29 bits per heavy atom. The van der Waals surface area contributed by atoms with E-state index in [4.69, 9.17) is 0 Å². The summed E-state index contributed by atoms with van der Waals surface area (Å²) in [5, 5.41) is 14.5. The van der Waals surface area contributed by atoms with Crippen LogP contribution in [-0.4, -0.2) is 55.0 Å². The molecule has 2 atom stereocenters. The van der Waals surface area contributed by atoms with Crippen molar-refractivity contribution in [1.82, 2.24) is 24.6 Å². The highest BCUT2D eigenvalue weighted by molar-refractivity contribution is 9.10. The van der Waals surface area contributed by atoms with Crippen LogP contribution >= 0.6 is 15.9 Å². The minimum atomic E-state index is -0.636. The van der Waals surface area contributed by atoms with Crippen LogP contribution in [0, 0.1) is 0 Å². The summed E-state index contributed by atoms with van der Waals surface area (Å²) in [7, 11) is 0. The molecule has 2 N–H and O–H groups in total. The number of imidazole rings is 1. The summed E-state index contributed by atoms with van der Waals surface area (Å²) in [6.07, 6.45) is 4.26. The standard InChI is InChI=1S/C20H20BrN5O2/c21-17-11-22-19-24-15(5-7-26(17)19)18(28)25-8-6-20(16(27)12-25)9-13-3-1-2-4-14(13)10-23-20/h1-5,7,11,16,23,27H,6,8-10,12H2/t16-,20+/m1/s1. The van der Waals surface area contributed by atoms with E-state index in [1.807, 2.05) is 12.1 Å². The van der Waals surface area contributed by atoms with Crippen LogP contribution < -0.4 is 5.32 Å². The number of rotatable bonds is 1. The van der Waals surface area contributed by atoms with Gasteiger partial charge < -0.3 is 15.3 Å². The number of carbonyl (C=O) groups excluding carboxylic acids is 1. The monoisotopic (exact) mass is 441 g/mol. The molecule has 1 aromatic carbocycles. The average molecular weight is 442 g/mol. The number of piperidine rings is 1. The zero-order valence-corrected chi connectivity index (χ0v) is 16.8. The molecule has 5 rings (SSSR count). The molecule has 7 nitrogen and oxygen atoms in total. The van der Waals surface area contributed by atoms with Crippen LogP contribution in [-0.2, 0) is 13.0 Å². The number of hydrogen-bond acceptors (Lipinski definition) is 5. The van der Waals surface area contributed by atoms with Crippen LogP contribution in [0.25, 0.3) is 5.78 Å². The van der Waals surface area contributed by atoms with E-state index in [-0.39, 0.29) is 11.4 Å². The van der Waals surface area contributed by atoms with E-state index in [0.29, 0.717) is 31.0 Å². The number of nitrogens with one attached hydrogen (secondary N) is 1. The van der Waals surface area contributed by atoms with Gasteiger partial charge in [0.05, 0.1) is 17.8 Å². The van der Waals surface area contributed by atoms with Crippen molar-refractivity contribution in [2.75, 3.05) is 13.1 Å². The number of fused-ring (bicyclic) bond motifs is 2. The van der Waals surface area contributed by atoms with Crippen LogP contribution in [0.1, 0.15) is 28.0 Å². The Kier molecular flexibility index (Phi) is 4.22. The van der Waals surface area contributed by atoms with Crippen LogP contribution in [0.15, 0.2) is 47.3 Å². The van der Waals surface area contributed by atoms with Gasteiger partial charge in [0.25, 0.3) is 5.91 Å². The van der Waals surface area contributed by atoms with Crippen LogP contribution in [0.2, 0.25) is 0 Å². The maximum atomic E-state index is 12.9. The SMILES string of the molecule is O=C(c1ccn2c(Br)cnc2n1)N1CC[C@]2(Cc3ccccc3CN2)[C@H](O)C1. The predicted molar refractivity (Wildman–Crippen MR) is 107 cm³/mol. The lowest BCUT2D eigenvalue weighted by molar-refractivity contribution is -0.0140. The Morgan fingerprint density at radius 3 is 2.93 bits per heavy atom. The summed E-state index contributed by atoms with van der Waals surface area (Å²) < 4.78 is 2.55. The number of amides is 1. The highest BCUT2D eigenvalue weighted by Crippen LogP contribution is 2.32. The molecule has 3 aromatic rings. The normalized spacial score (nSPS) is 24.5. The van der Waals surface area contributed by atoms with Gasteiger partial charge in [0, 0.05) is 25.8 Å². The minimum Gasteiger partial charge on any atom is -0.389 e. The number of likely N-dealkylation sites (tertiary alicyclic amines) is 1. The zero-order valence-electron chi connectivity index (χ0n) is 15.2. The molecule has 1 spiro atoms. The Hall–Kier alpha value is -2.29. The molecule has 0 radical (unpaired) electrons. The number of β-amino-alcohol motifs (C(OH)–C–C–N with tert-alkyl or cyclic N) is 1. The zero-order chi connectivity index (χ0) is 19.3. The van der Waals surface area contributed by atoms with E-state index in [1.54, 1.807) is 27.8 Å². The molecule has 2 aromatic heterocycles. The second-order valence-electron chi connectivity index (χ2n) is 7.54. The molecule has 4 heterocycles. The number of hydrogen-bond donors (Lipinski definition) is 2. The van der Waals surface area contributed by atoms with Gasteiger partial charge in [-0.25, -0.2) is 9.97 Å². The highest BCUT2D eigenvalue weighted by Gasteiger charge is 2.45. The number of aliphatic hydroxyl groups excluding tert-OH is 1. The van der Waals surface area contributed by atoms with Crippen molar-refractivity contribution in [2.45, 2.75) is 31.0 Å². The molecule has 144 valence electrons. The topological polar surface area (TPSA) is 82.8 Å².